The van der Waals surface area contributed by atoms with Gasteiger partial charge in [0.25, 0.3) is 0 Å². The van der Waals surface area contributed by atoms with Crippen molar-refractivity contribution in [1.82, 2.24) is 0 Å². The summed E-state index contributed by atoms with van der Waals surface area (Å²) in [7, 11) is 0. The molecule has 0 amide bonds. The lowest BCUT2D eigenvalue weighted by Crippen LogP contribution is -2.26. The quantitative estimate of drug-likeness (QED) is 0.117. The van der Waals surface area contributed by atoms with E-state index in [-0.39, 0.29) is 5.41 Å². The Labute approximate surface area is 252 Å². The monoisotopic (exact) mass is 546 g/mol. The molecule has 3 aromatic rings. The fraction of sp³-hybridized carbons (Fsp3) is 0.463. The van der Waals surface area contributed by atoms with Crippen LogP contribution in [-0.4, -0.2) is 0 Å². The van der Waals surface area contributed by atoms with Crippen molar-refractivity contribution in [3.63, 3.8) is 0 Å². The molecule has 0 atom stereocenters. The van der Waals surface area contributed by atoms with Gasteiger partial charge in [0.2, 0.25) is 0 Å². The summed E-state index contributed by atoms with van der Waals surface area (Å²) in [5, 5.41) is 0. The molecule has 0 saturated carbocycles. The average Bonchev–Trinajstić information content (AvgIpc) is 3.25. The average molecular weight is 547 g/mol. The van der Waals surface area contributed by atoms with E-state index in [1.54, 1.807) is 11.1 Å². The summed E-state index contributed by atoms with van der Waals surface area (Å²) in [5.74, 6) is 0. The molecule has 1 aliphatic carbocycles. The smallest absolute Gasteiger partial charge is 0.0215 e. The Morgan fingerprint density at radius 2 is 1.15 bits per heavy atom. The number of rotatable bonds is 17. The maximum absolute atomic E-state index is 4.42. The second kappa shape index (κ2) is 15.4. The number of benzene rings is 3. The minimum Gasteiger partial charge on any atom is -0.0912 e. The molecule has 0 spiro atoms. The third kappa shape index (κ3) is 7.51. The molecule has 0 heteroatoms. The summed E-state index contributed by atoms with van der Waals surface area (Å²) in [5.41, 5.74) is 12.5. The van der Waals surface area contributed by atoms with Crippen LogP contribution in [0.15, 0.2) is 79.4 Å². The molecular formula is C41H54. The molecule has 0 aliphatic heterocycles. The van der Waals surface area contributed by atoms with E-state index < -0.39 is 0 Å². The van der Waals surface area contributed by atoms with E-state index in [1.165, 1.54) is 123 Å². The third-order valence-corrected chi connectivity index (χ3v) is 9.40. The highest BCUT2D eigenvalue weighted by atomic mass is 14.5. The van der Waals surface area contributed by atoms with Crippen LogP contribution in [0.5, 0.6) is 0 Å². The van der Waals surface area contributed by atoms with Gasteiger partial charge in [-0.15, -0.1) is 0 Å². The zero-order valence-electron chi connectivity index (χ0n) is 26.5. The molecule has 3 aromatic carbocycles. The maximum Gasteiger partial charge on any atom is 0.0215 e. The normalized spacial score (nSPS) is 13.5. The van der Waals surface area contributed by atoms with Gasteiger partial charge in [0.15, 0.2) is 0 Å². The molecule has 1 aliphatic rings. The highest BCUT2D eigenvalue weighted by Crippen LogP contribution is 2.55. The molecule has 0 unspecified atom stereocenters. The van der Waals surface area contributed by atoms with Crippen LogP contribution >= 0.6 is 0 Å². The first-order valence-electron chi connectivity index (χ1n) is 16.7. The topological polar surface area (TPSA) is 0 Å². The van der Waals surface area contributed by atoms with E-state index >= 15 is 0 Å². The van der Waals surface area contributed by atoms with Crippen LogP contribution in [0.2, 0.25) is 0 Å². The Kier molecular flexibility index (Phi) is 11.7. The zero-order chi connectivity index (χ0) is 29.1. The SMILES string of the molecule is C=C(/C=C\C)c1ccc2c(c1)C(CCCCCCCC)(CCCCCCCC)c1cc(-c3ccc(C)cc3)ccc1-2. The van der Waals surface area contributed by atoms with Crippen LogP contribution in [0.1, 0.15) is 133 Å². The summed E-state index contributed by atoms with van der Waals surface area (Å²) in [6.45, 7) is 13.3. The number of hydrogen-bond donors (Lipinski definition) is 0. The molecule has 0 fully saturated rings. The van der Waals surface area contributed by atoms with E-state index in [0.717, 1.165) is 5.57 Å². The van der Waals surface area contributed by atoms with Crippen LogP contribution in [0.3, 0.4) is 0 Å². The van der Waals surface area contributed by atoms with Crippen LogP contribution in [0.25, 0.3) is 27.8 Å². The predicted molar refractivity (Wildman–Crippen MR) is 183 cm³/mol. The molecule has 0 aromatic heterocycles. The standard InChI is InChI=1S/C41H54/c1-6-9-11-13-15-17-28-41(29-18-16-14-12-10-7-2)39-30-35(33(5)19-8-3)24-26-37(39)38-27-25-36(31-40(38)41)34-22-20-32(4)21-23-34/h8,19-27,30-31H,5-7,9-18,28-29H2,1-4H3/b19-8-. The van der Waals surface area contributed by atoms with Crippen LogP contribution < -0.4 is 0 Å². The molecule has 0 radical (unpaired) electrons. The lowest BCUT2D eigenvalue weighted by molar-refractivity contribution is 0.398. The molecule has 0 saturated heterocycles. The maximum atomic E-state index is 4.42. The van der Waals surface area contributed by atoms with Gasteiger partial charge in [-0.2, -0.15) is 0 Å². The Morgan fingerprint density at radius 3 is 1.73 bits per heavy atom. The lowest BCUT2D eigenvalue weighted by Gasteiger charge is -2.33. The van der Waals surface area contributed by atoms with Gasteiger partial charge in [-0.25, -0.2) is 0 Å². The molecular weight excluding hydrogens is 492 g/mol. The molecule has 0 nitrogen and oxygen atoms in total. The fourth-order valence-corrected chi connectivity index (χ4v) is 7.00. The fourth-order valence-electron chi connectivity index (χ4n) is 7.00. The molecule has 0 bridgehead atoms. The summed E-state index contributed by atoms with van der Waals surface area (Å²) in [6.07, 6.45) is 22.8. The molecule has 0 N–H and O–H groups in total. The van der Waals surface area contributed by atoms with E-state index in [2.05, 4.69) is 107 Å². The van der Waals surface area contributed by atoms with Crippen molar-refractivity contribution in [3.8, 4) is 22.3 Å². The van der Waals surface area contributed by atoms with Crippen molar-refractivity contribution in [2.45, 2.75) is 123 Å². The largest absolute Gasteiger partial charge is 0.0912 e. The van der Waals surface area contributed by atoms with E-state index in [1.807, 2.05) is 0 Å². The Bertz CT molecular complexity index is 1270. The van der Waals surface area contributed by atoms with Crippen molar-refractivity contribution < 1.29 is 0 Å². The Hall–Kier alpha value is -2.86. The van der Waals surface area contributed by atoms with Gasteiger partial charge in [0.1, 0.15) is 0 Å². The minimum absolute atomic E-state index is 0.0765. The lowest BCUT2D eigenvalue weighted by atomic mass is 9.70. The number of fused-ring (bicyclic) bond motifs is 3. The highest BCUT2D eigenvalue weighted by Gasteiger charge is 2.42. The first-order valence-corrected chi connectivity index (χ1v) is 16.7. The van der Waals surface area contributed by atoms with Gasteiger partial charge in [-0.1, -0.05) is 164 Å². The van der Waals surface area contributed by atoms with Crippen molar-refractivity contribution in [2.24, 2.45) is 0 Å². The first kappa shape index (κ1) is 31.1. The van der Waals surface area contributed by atoms with Crippen LogP contribution in [-0.2, 0) is 5.41 Å². The van der Waals surface area contributed by atoms with E-state index in [4.69, 9.17) is 0 Å². The Morgan fingerprint density at radius 1 is 0.634 bits per heavy atom. The Balaban J connectivity index is 1.76. The van der Waals surface area contributed by atoms with Gasteiger partial charge in [0, 0.05) is 5.41 Å². The molecule has 4 rings (SSSR count). The van der Waals surface area contributed by atoms with Crippen LogP contribution in [0.4, 0.5) is 0 Å². The first-order chi connectivity index (χ1) is 20.0. The van der Waals surface area contributed by atoms with Crippen molar-refractivity contribution in [2.75, 3.05) is 0 Å². The molecule has 0 heterocycles. The highest BCUT2D eigenvalue weighted by molar-refractivity contribution is 5.86. The van der Waals surface area contributed by atoms with Gasteiger partial charge < -0.3 is 0 Å². The second-order valence-corrected chi connectivity index (χ2v) is 12.5. The van der Waals surface area contributed by atoms with Gasteiger partial charge in [0.05, 0.1) is 0 Å². The van der Waals surface area contributed by atoms with Gasteiger partial charge in [-0.05, 0) is 83.3 Å². The number of hydrogen-bond acceptors (Lipinski definition) is 0. The summed E-state index contributed by atoms with van der Waals surface area (Å²) in [4.78, 5) is 0. The number of unbranched alkanes of at least 4 members (excludes halogenated alkanes) is 10. The summed E-state index contributed by atoms with van der Waals surface area (Å²) >= 11 is 0. The van der Waals surface area contributed by atoms with Crippen molar-refractivity contribution in [1.29, 1.82) is 0 Å². The van der Waals surface area contributed by atoms with Gasteiger partial charge in [-0.3, -0.25) is 0 Å². The van der Waals surface area contributed by atoms with E-state index in [9.17, 15) is 0 Å². The molecule has 41 heavy (non-hydrogen) atoms. The van der Waals surface area contributed by atoms with Crippen molar-refractivity contribution >= 4 is 5.57 Å². The third-order valence-electron chi connectivity index (χ3n) is 9.40. The van der Waals surface area contributed by atoms with Crippen molar-refractivity contribution in [3.05, 3.63) is 102 Å². The van der Waals surface area contributed by atoms with Crippen LogP contribution in [0, 0.1) is 6.92 Å². The predicted octanol–water partition coefficient (Wildman–Crippen LogP) is 13.0. The zero-order valence-corrected chi connectivity index (χ0v) is 26.5. The summed E-state index contributed by atoms with van der Waals surface area (Å²) in [6, 6.07) is 23.6. The van der Waals surface area contributed by atoms with Gasteiger partial charge >= 0.3 is 0 Å². The van der Waals surface area contributed by atoms with E-state index in [0.29, 0.717) is 0 Å². The minimum atomic E-state index is 0.0765. The number of aryl methyl sites for hydroxylation is 1. The molecule has 218 valence electrons. The second-order valence-electron chi connectivity index (χ2n) is 12.5. The number of allylic oxidation sites excluding steroid dienone is 3. The summed E-state index contributed by atoms with van der Waals surface area (Å²) < 4.78 is 0.